The van der Waals surface area contributed by atoms with Crippen LogP contribution in [0.1, 0.15) is 0 Å². The Morgan fingerprint density at radius 2 is 2.20 bits per heavy atom. The zero-order chi connectivity index (χ0) is 11.1. The van der Waals surface area contributed by atoms with Crippen molar-refractivity contribution in [3.8, 4) is 0 Å². The molecule has 1 rings (SSSR count). The molecule has 0 aromatic heterocycles. The Morgan fingerprint density at radius 3 is 2.80 bits per heavy atom. The lowest BCUT2D eigenvalue weighted by atomic mass is 10.4. The topological polar surface area (TPSA) is 29.1 Å². The molecule has 1 amide bonds. The third-order valence-corrected chi connectivity index (χ3v) is 2.57. The molecule has 0 saturated heterocycles. The van der Waals surface area contributed by atoms with Gasteiger partial charge in [0.05, 0.1) is 0 Å². The van der Waals surface area contributed by atoms with Crippen molar-refractivity contribution in [2.24, 2.45) is 0 Å². The fourth-order valence-corrected chi connectivity index (χ4v) is 1.67. The monoisotopic (exact) mass is 225 g/mol. The molecule has 0 saturated carbocycles. The van der Waals surface area contributed by atoms with Gasteiger partial charge in [0.15, 0.2) is 0 Å². The number of hydrogen-bond donors (Lipinski definition) is 1. The zero-order valence-corrected chi connectivity index (χ0v) is 8.97. The molecular weight excluding hydrogens is 213 g/mol. The Labute approximate surface area is 92.6 Å². The minimum Gasteiger partial charge on any atom is -0.349 e. The highest BCUT2D eigenvalue weighted by atomic mass is 32.2. The summed E-state index contributed by atoms with van der Waals surface area (Å²) in [7, 11) is 0. The Kier molecular flexibility index (Phi) is 4.90. The molecule has 0 aliphatic heterocycles. The van der Waals surface area contributed by atoms with Crippen LogP contribution in [-0.2, 0) is 4.79 Å². The summed E-state index contributed by atoms with van der Waals surface area (Å²) in [4.78, 5) is 11.9. The van der Waals surface area contributed by atoms with Gasteiger partial charge in [0.2, 0.25) is 5.50 Å². The highest BCUT2D eigenvalue weighted by molar-refractivity contribution is 8.00. The standard InChI is InChI=1S/C11H12FNOS/c1-2-8-13-11(14)10(12)15-9-6-4-3-5-7-9/h2-7,10H,1,8H2,(H,13,14). The largest absolute Gasteiger partial charge is 0.349 e. The molecule has 1 N–H and O–H groups in total. The molecule has 0 bridgehead atoms. The summed E-state index contributed by atoms with van der Waals surface area (Å²) in [5, 5.41) is 2.40. The first kappa shape index (κ1) is 11.8. The Balaban J connectivity index is 2.45. The molecule has 1 unspecified atom stereocenters. The summed E-state index contributed by atoms with van der Waals surface area (Å²) >= 11 is 0.889. The Hall–Kier alpha value is -1.29. The van der Waals surface area contributed by atoms with Crippen LogP contribution in [0.3, 0.4) is 0 Å². The van der Waals surface area contributed by atoms with E-state index in [2.05, 4.69) is 11.9 Å². The summed E-state index contributed by atoms with van der Waals surface area (Å²) in [6.07, 6.45) is 1.51. The number of carbonyl (C=O) groups excluding carboxylic acids is 1. The quantitative estimate of drug-likeness (QED) is 0.615. The van der Waals surface area contributed by atoms with Gasteiger partial charge in [0, 0.05) is 11.4 Å². The number of carbonyl (C=O) groups is 1. The molecule has 2 nitrogen and oxygen atoms in total. The third-order valence-electron chi connectivity index (χ3n) is 1.61. The summed E-state index contributed by atoms with van der Waals surface area (Å²) in [6.45, 7) is 3.72. The molecule has 0 fully saturated rings. The van der Waals surface area contributed by atoms with Crippen LogP contribution in [0.15, 0.2) is 47.9 Å². The van der Waals surface area contributed by atoms with Crippen LogP contribution in [0, 0.1) is 0 Å². The van der Waals surface area contributed by atoms with E-state index in [1.165, 1.54) is 6.08 Å². The van der Waals surface area contributed by atoms with Crippen LogP contribution < -0.4 is 5.32 Å². The maximum atomic E-state index is 13.3. The molecule has 4 heteroatoms. The minimum absolute atomic E-state index is 0.286. The highest BCUT2D eigenvalue weighted by Crippen LogP contribution is 2.23. The van der Waals surface area contributed by atoms with Crippen LogP contribution in [0.4, 0.5) is 4.39 Å². The van der Waals surface area contributed by atoms with Gasteiger partial charge in [-0.25, -0.2) is 4.39 Å². The third kappa shape index (κ3) is 4.16. The van der Waals surface area contributed by atoms with Gasteiger partial charge in [-0.05, 0) is 12.1 Å². The number of rotatable bonds is 5. The zero-order valence-electron chi connectivity index (χ0n) is 8.15. The summed E-state index contributed by atoms with van der Waals surface area (Å²) < 4.78 is 13.3. The fourth-order valence-electron chi connectivity index (χ4n) is 0.925. The van der Waals surface area contributed by atoms with E-state index >= 15 is 0 Å². The molecule has 0 spiro atoms. The average Bonchev–Trinajstić information content (AvgIpc) is 2.27. The van der Waals surface area contributed by atoms with Crippen molar-refractivity contribution in [2.75, 3.05) is 6.54 Å². The van der Waals surface area contributed by atoms with Crippen LogP contribution in [0.25, 0.3) is 0 Å². The molecule has 0 aliphatic rings. The number of halogens is 1. The number of hydrogen-bond acceptors (Lipinski definition) is 2. The molecule has 1 atom stereocenters. The summed E-state index contributed by atoms with van der Waals surface area (Å²) in [5.41, 5.74) is -1.58. The molecule has 0 heterocycles. The van der Waals surface area contributed by atoms with Crippen molar-refractivity contribution in [1.82, 2.24) is 5.32 Å². The van der Waals surface area contributed by atoms with Gasteiger partial charge >= 0.3 is 0 Å². The SMILES string of the molecule is C=CCNC(=O)C(F)Sc1ccccc1. The molecule has 1 aromatic carbocycles. The minimum atomic E-state index is -1.58. The van der Waals surface area contributed by atoms with E-state index in [4.69, 9.17) is 0 Å². The van der Waals surface area contributed by atoms with Gasteiger partial charge in [0.1, 0.15) is 0 Å². The first-order valence-electron chi connectivity index (χ1n) is 4.48. The van der Waals surface area contributed by atoms with Gasteiger partial charge in [-0.1, -0.05) is 36.0 Å². The second-order valence-electron chi connectivity index (χ2n) is 2.78. The smallest absolute Gasteiger partial charge is 0.265 e. The first-order chi connectivity index (χ1) is 7.24. The van der Waals surface area contributed by atoms with Crippen molar-refractivity contribution < 1.29 is 9.18 Å². The van der Waals surface area contributed by atoms with Crippen LogP contribution >= 0.6 is 11.8 Å². The normalized spacial score (nSPS) is 11.8. The Bertz CT molecular complexity index is 329. The predicted octanol–water partition coefficient (Wildman–Crippen LogP) is 2.38. The average molecular weight is 225 g/mol. The molecule has 80 valence electrons. The van der Waals surface area contributed by atoms with Crippen molar-refractivity contribution in [3.05, 3.63) is 43.0 Å². The number of benzene rings is 1. The van der Waals surface area contributed by atoms with E-state index in [1.807, 2.05) is 6.07 Å². The summed E-state index contributed by atoms with van der Waals surface area (Å²) in [5.74, 6) is -0.622. The molecule has 15 heavy (non-hydrogen) atoms. The van der Waals surface area contributed by atoms with E-state index in [0.29, 0.717) is 0 Å². The molecule has 0 aliphatic carbocycles. The maximum Gasteiger partial charge on any atom is 0.265 e. The first-order valence-corrected chi connectivity index (χ1v) is 5.36. The number of alkyl halides is 1. The second-order valence-corrected chi connectivity index (χ2v) is 3.90. The maximum absolute atomic E-state index is 13.3. The van der Waals surface area contributed by atoms with E-state index in [0.717, 1.165) is 16.7 Å². The Morgan fingerprint density at radius 1 is 1.53 bits per heavy atom. The fraction of sp³-hybridized carbons (Fsp3) is 0.182. The lowest BCUT2D eigenvalue weighted by molar-refractivity contribution is -0.122. The lowest BCUT2D eigenvalue weighted by Gasteiger charge is -2.07. The van der Waals surface area contributed by atoms with E-state index in [-0.39, 0.29) is 6.54 Å². The van der Waals surface area contributed by atoms with Crippen molar-refractivity contribution in [3.63, 3.8) is 0 Å². The highest BCUT2D eigenvalue weighted by Gasteiger charge is 2.17. The summed E-state index contributed by atoms with van der Waals surface area (Å²) in [6, 6.07) is 8.97. The van der Waals surface area contributed by atoms with E-state index in [9.17, 15) is 9.18 Å². The number of amides is 1. The van der Waals surface area contributed by atoms with Crippen LogP contribution in [0.2, 0.25) is 0 Å². The molecular formula is C11H12FNOS. The van der Waals surface area contributed by atoms with Gasteiger partial charge in [0.25, 0.3) is 5.91 Å². The lowest BCUT2D eigenvalue weighted by Crippen LogP contribution is -2.30. The van der Waals surface area contributed by atoms with Gasteiger partial charge in [-0.3, -0.25) is 4.79 Å². The number of thioether (sulfide) groups is 1. The van der Waals surface area contributed by atoms with E-state index < -0.39 is 11.4 Å². The van der Waals surface area contributed by atoms with Gasteiger partial charge in [-0.2, -0.15) is 0 Å². The van der Waals surface area contributed by atoms with Crippen molar-refractivity contribution in [1.29, 1.82) is 0 Å². The second kappa shape index (κ2) is 6.24. The van der Waals surface area contributed by atoms with Gasteiger partial charge < -0.3 is 5.32 Å². The predicted molar refractivity (Wildman–Crippen MR) is 60.4 cm³/mol. The molecule has 0 radical (unpaired) electrons. The van der Waals surface area contributed by atoms with Gasteiger partial charge in [-0.15, -0.1) is 6.58 Å². The van der Waals surface area contributed by atoms with Crippen molar-refractivity contribution in [2.45, 2.75) is 10.4 Å². The molecule has 1 aromatic rings. The van der Waals surface area contributed by atoms with Crippen LogP contribution in [-0.4, -0.2) is 18.0 Å². The van der Waals surface area contributed by atoms with Crippen molar-refractivity contribution >= 4 is 17.7 Å². The van der Waals surface area contributed by atoms with Crippen LogP contribution in [0.5, 0.6) is 0 Å². The number of nitrogens with one attached hydrogen (secondary N) is 1. The van der Waals surface area contributed by atoms with E-state index in [1.54, 1.807) is 24.3 Å².